The Kier molecular flexibility index (Phi) is 9.52. The summed E-state index contributed by atoms with van der Waals surface area (Å²) in [6.45, 7) is 4.06. The van der Waals surface area contributed by atoms with Crippen LogP contribution in [-0.4, -0.2) is 59.8 Å². The molecule has 0 bridgehead atoms. The van der Waals surface area contributed by atoms with Crippen molar-refractivity contribution in [1.82, 2.24) is 15.5 Å². The molecule has 5 N–H and O–H groups in total. The van der Waals surface area contributed by atoms with E-state index in [2.05, 4.69) is 10.6 Å². The monoisotopic (exact) mass is 563 g/mol. The highest BCUT2D eigenvalue weighted by molar-refractivity contribution is 7.10. The fourth-order valence-corrected chi connectivity index (χ4v) is 5.19. The van der Waals surface area contributed by atoms with Gasteiger partial charge in [0.15, 0.2) is 0 Å². The molecule has 2 aromatic carbocycles. The van der Waals surface area contributed by atoms with Gasteiger partial charge in [0.2, 0.25) is 11.8 Å². The quantitative estimate of drug-likeness (QED) is 0.208. The highest BCUT2D eigenvalue weighted by Crippen LogP contribution is 2.23. The summed E-state index contributed by atoms with van der Waals surface area (Å²) >= 11 is 1.39. The molecule has 1 saturated heterocycles. The van der Waals surface area contributed by atoms with Crippen LogP contribution in [0.25, 0.3) is 0 Å². The number of carbonyl (C=O) groups is 3. The number of para-hydroxylation sites is 1. The molecule has 1 fully saturated rings. The van der Waals surface area contributed by atoms with Crippen LogP contribution in [0, 0.1) is 5.41 Å². The van der Waals surface area contributed by atoms with Crippen LogP contribution in [0.1, 0.15) is 41.1 Å². The molecule has 0 radical (unpaired) electrons. The van der Waals surface area contributed by atoms with E-state index >= 15 is 0 Å². The lowest BCUT2D eigenvalue weighted by Gasteiger charge is -2.24. The second-order valence-electron chi connectivity index (χ2n) is 9.66. The van der Waals surface area contributed by atoms with Gasteiger partial charge in [-0.05, 0) is 56.3 Å². The third-order valence-corrected chi connectivity index (χ3v) is 7.18. The maximum Gasteiger partial charge on any atom is 0.251 e. The molecule has 40 heavy (non-hydrogen) atoms. The SMILES string of the molecule is CC(C)O[C@@H]1C[C@@H](C(=O)NCc2cc(C(=N)N)cs2)N(C(=O)CNC(=O)c2ccc(Oc3ccccc3)cc2)C1. The maximum absolute atomic E-state index is 13.2. The highest BCUT2D eigenvalue weighted by atomic mass is 32.1. The molecule has 0 saturated carbocycles. The zero-order valence-electron chi connectivity index (χ0n) is 22.4. The molecule has 210 valence electrons. The van der Waals surface area contributed by atoms with E-state index in [9.17, 15) is 14.4 Å². The first-order valence-electron chi connectivity index (χ1n) is 12.9. The maximum atomic E-state index is 13.2. The van der Waals surface area contributed by atoms with Crippen LogP contribution in [0.3, 0.4) is 0 Å². The lowest BCUT2D eigenvalue weighted by atomic mass is 10.1. The number of nitrogens with two attached hydrogens (primary N) is 1. The molecular formula is C29H33N5O5S. The summed E-state index contributed by atoms with van der Waals surface area (Å²) in [5, 5.41) is 14.8. The number of thiophene rings is 1. The molecule has 4 rings (SSSR count). The number of ether oxygens (including phenoxy) is 2. The second-order valence-corrected chi connectivity index (χ2v) is 10.7. The number of nitrogens with one attached hydrogen (secondary N) is 3. The van der Waals surface area contributed by atoms with Crippen LogP contribution in [0.2, 0.25) is 0 Å². The molecule has 1 aliphatic rings. The van der Waals surface area contributed by atoms with E-state index in [4.69, 9.17) is 20.6 Å². The molecule has 0 unspecified atom stereocenters. The minimum absolute atomic E-state index is 0.0337. The molecule has 10 nitrogen and oxygen atoms in total. The van der Waals surface area contributed by atoms with Crippen molar-refractivity contribution in [2.45, 2.75) is 45.1 Å². The number of nitrogen functional groups attached to an aromatic ring is 1. The van der Waals surface area contributed by atoms with Gasteiger partial charge in [0, 0.05) is 34.3 Å². The summed E-state index contributed by atoms with van der Waals surface area (Å²) in [6.07, 6.45) is 0.00227. The molecule has 1 aromatic heterocycles. The van der Waals surface area contributed by atoms with E-state index in [1.54, 1.807) is 35.7 Å². The third-order valence-electron chi connectivity index (χ3n) is 6.25. The predicted octanol–water partition coefficient (Wildman–Crippen LogP) is 3.27. The molecule has 11 heteroatoms. The first-order valence-corrected chi connectivity index (χ1v) is 13.8. The fraction of sp³-hybridized carbons (Fsp3) is 0.310. The molecule has 0 aliphatic carbocycles. The molecule has 3 amide bonds. The second kappa shape index (κ2) is 13.2. The van der Waals surface area contributed by atoms with Gasteiger partial charge < -0.3 is 30.7 Å². The molecule has 1 aliphatic heterocycles. The van der Waals surface area contributed by atoms with Crippen LogP contribution in [0.15, 0.2) is 66.0 Å². The lowest BCUT2D eigenvalue weighted by Crippen LogP contribution is -2.48. The smallest absolute Gasteiger partial charge is 0.251 e. The number of rotatable bonds is 11. The number of amidine groups is 1. The Morgan fingerprint density at radius 3 is 2.40 bits per heavy atom. The summed E-state index contributed by atoms with van der Waals surface area (Å²) in [5.74, 6) is 0.150. The molecule has 2 heterocycles. The Morgan fingerprint density at radius 2 is 1.75 bits per heavy atom. The van der Waals surface area contributed by atoms with Crippen molar-refractivity contribution in [1.29, 1.82) is 5.41 Å². The predicted molar refractivity (Wildman–Crippen MR) is 153 cm³/mol. The van der Waals surface area contributed by atoms with Crippen LogP contribution in [0.5, 0.6) is 11.5 Å². The van der Waals surface area contributed by atoms with Gasteiger partial charge >= 0.3 is 0 Å². The van der Waals surface area contributed by atoms with Crippen LogP contribution < -0.4 is 21.1 Å². The zero-order chi connectivity index (χ0) is 28.6. The minimum atomic E-state index is -0.727. The first-order chi connectivity index (χ1) is 19.2. The van der Waals surface area contributed by atoms with Gasteiger partial charge in [-0.1, -0.05) is 18.2 Å². The van der Waals surface area contributed by atoms with E-state index in [1.807, 2.05) is 44.2 Å². The zero-order valence-corrected chi connectivity index (χ0v) is 23.2. The van der Waals surface area contributed by atoms with Gasteiger partial charge in [0.05, 0.1) is 25.3 Å². The number of amides is 3. The number of hydrogen-bond acceptors (Lipinski definition) is 7. The number of hydrogen-bond donors (Lipinski definition) is 4. The topological polar surface area (TPSA) is 147 Å². The number of benzene rings is 2. The first kappa shape index (κ1) is 28.8. The minimum Gasteiger partial charge on any atom is -0.457 e. The van der Waals surface area contributed by atoms with Crippen molar-refractivity contribution in [3.63, 3.8) is 0 Å². The largest absolute Gasteiger partial charge is 0.457 e. The van der Waals surface area contributed by atoms with Gasteiger partial charge in [0.1, 0.15) is 23.4 Å². The van der Waals surface area contributed by atoms with Gasteiger partial charge in [-0.3, -0.25) is 19.8 Å². The van der Waals surface area contributed by atoms with Crippen molar-refractivity contribution in [2.24, 2.45) is 5.73 Å². The summed E-state index contributed by atoms with van der Waals surface area (Å²) in [4.78, 5) is 41.3. The van der Waals surface area contributed by atoms with Crippen LogP contribution >= 0.6 is 11.3 Å². The average Bonchev–Trinajstić information content (AvgIpc) is 3.59. The summed E-state index contributed by atoms with van der Waals surface area (Å²) in [6, 6.07) is 17.0. The van der Waals surface area contributed by atoms with Crippen LogP contribution in [-0.2, 0) is 20.9 Å². The van der Waals surface area contributed by atoms with Crippen LogP contribution in [0.4, 0.5) is 0 Å². The Morgan fingerprint density at radius 1 is 1.05 bits per heavy atom. The van der Waals surface area contributed by atoms with E-state index in [1.165, 1.54) is 16.2 Å². The van der Waals surface area contributed by atoms with Gasteiger partial charge in [-0.25, -0.2) is 0 Å². The molecule has 0 spiro atoms. The van der Waals surface area contributed by atoms with Crippen molar-refractivity contribution in [2.75, 3.05) is 13.1 Å². The summed E-state index contributed by atoms with van der Waals surface area (Å²) in [5.41, 5.74) is 6.50. The Labute approximate surface area is 237 Å². The van der Waals surface area contributed by atoms with Crippen molar-refractivity contribution in [3.8, 4) is 11.5 Å². The van der Waals surface area contributed by atoms with Gasteiger partial charge in [-0.2, -0.15) is 0 Å². The molecule has 2 atom stereocenters. The van der Waals surface area contributed by atoms with E-state index in [0.29, 0.717) is 29.0 Å². The Hall–Kier alpha value is -4.22. The number of likely N-dealkylation sites (tertiary alicyclic amines) is 1. The fourth-order valence-electron chi connectivity index (χ4n) is 4.37. The Balaban J connectivity index is 1.34. The Bertz CT molecular complexity index is 1340. The van der Waals surface area contributed by atoms with Crippen molar-refractivity contribution < 1.29 is 23.9 Å². The number of carbonyl (C=O) groups excluding carboxylic acids is 3. The van der Waals surface area contributed by atoms with E-state index < -0.39 is 11.9 Å². The van der Waals surface area contributed by atoms with E-state index in [-0.39, 0.29) is 49.5 Å². The van der Waals surface area contributed by atoms with Gasteiger partial charge in [0.25, 0.3) is 5.91 Å². The average molecular weight is 564 g/mol. The third kappa shape index (κ3) is 7.67. The van der Waals surface area contributed by atoms with Gasteiger partial charge in [-0.15, -0.1) is 11.3 Å². The molecular weight excluding hydrogens is 530 g/mol. The molecule has 3 aromatic rings. The van der Waals surface area contributed by atoms with Crippen molar-refractivity contribution in [3.05, 3.63) is 82.0 Å². The highest BCUT2D eigenvalue weighted by Gasteiger charge is 2.40. The van der Waals surface area contributed by atoms with E-state index in [0.717, 1.165) is 4.88 Å². The summed E-state index contributed by atoms with van der Waals surface area (Å²) < 4.78 is 11.7. The number of nitrogens with zero attached hydrogens (tertiary/aromatic N) is 1. The van der Waals surface area contributed by atoms with Crippen molar-refractivity contribution >= 4 is 34.9 Å². The normalized spacial score (nSPS) is 16.5. The lowest BCUT2D eigenvalue weighted by molar-refractivity contribution is -0.137. The standard InChI is InChI=1S/C29H33N5O5S/c1-18(2)38-23-13-25(29(37)32-14-24-12-20(17-40-24)27(30)31)34(16-23)26(35)15-33-28(36)19-8-10-22(11-9-19)39-21-6-4-3-5-7-21/h3-12,17-18,23,25H,13-16H2,1-2H3,(H3,30,31)(H,32,37)(H,33,36)/t23-,25+/m1/s1. The summed E-state index contributed by atoms with van der Waals surface area (Å²) in [7, 11) is 0.